The molecule has 2 aliphatic rings. The lowest BCUT2D eigenvalue weighted by Gasteiger charge is -2.50. The van der Waals surface area contributed by atoms with E-state index in [0.29, 0.717) is 0 Å². The lowest BCUT2D eigenvalue weighted by Crippen LogP contribution is -2.65. The van der Waals surface area contributed by atoms with Crippen molar-refractivity contribution in [3.63, 3.8) is 0 Å². The van der Waals surface area contributed by atoms with Crippen LogP contribution in [-0.2, 0) is 0 Å². The second-order valence-electron chi connectivity index (χ2n) is 6.57. The second kappa shape index (κ2) is 4.69. The Morgan fingerprint density at radius 3 is 2.39 bits per heavy atom. The molecule has 0 saturated carbocycles. The third-order valence-corrected chi connectivity index (χ3v) is 4.91. The van der Waals surface area contributed by atoms with Crippen molar-refractivity contribution in [1.82, 2.24) is 0 Å². The molecule has 0 aromatic heterocycles. The highest BCUT2D eigenvalue weighted by molar-refractivity contribution is 5.76. The molecular formula is C19H20N4. The first-order valence-corrected chi connectivity index (χ1v) is 7.86. The van der Waals surface area contributed by atoms with Gasteiger partial charge in [0.05, 0.1) is 5.69 Å². The summed E-state index contributed by atoms with van der Waals surface area (Å²) in [4.78, 5) is 2.29. The van der Waals surface area contributed by atoms with Crippen molar-refractivity contribution in [2.75, 3.05) is 17.0 Å². The summed E-state index contributed by atoms with van der Waals surface area (Å²) in [6.45, 7) is 4.27. The van der Waals surface area contributed by atoms with E-state index < -0.39 is 5.66 Å². The summed E-state index contributed by atoms with van der Waals surface area (Å²) in [5.74, 6) is 0. The normalized spacial score (nSPS) is 24.3. The highest BCUT2D eigenvalue weighted by Gasteiger charge is 2.57. The standard InChI is InChI=1S/C19H20N4/c1-18(2)19(23(21-20-18)16-10-5-4-6-11-16)14-13-15-9-7-8-12-17(15)22(19)3/h4-14H,1-3H3/t19-/m1/s1. The molecule has 4 heteroatoms. The van der Waals surface area contributed by atoms with Crippen LogP contribution in [0.25, 0.3) is 6.08 Å². The van der Waals surface area contributed by atoms with Gasteiger partial charge in [-0.15, -0.1) is 0 Å². The molecule has 0 unspecified atom stereocenters. The maximum absolute atomic E-state index is 4.58. The van der Waals surface area contributed by atoms with Crippen LogP contribution in [0.4, 0.5) is 11.4 Å². The molecule has 116 valence electrons. The Labute approximate surface area is 136 Å². The zero-order valence-corrected chi connectivity index (χ0v) is 13.6. The van der Waals surface area contributed by atoms with Gasteiger partial charge in [0, 0.05) is 12.7 Å². The molecule has 0 bridgehead atoms. The van der Waals surface area contributed by atoms with E-state index in [-0.39, 0.29) is 5.54 Å². The molecule has 0 saturated heterocycles. The predicted octanol–water partition coefficient (Wildman–Crippen LogP) is 4.51. The van der Waals surface area contributed by atoms with E-state index in [2.05, 4.69) is 84.7 Å². The molecule has 1 atom stereocenters. The molecule has 0 aliphatic carbocycles. The van der Waals surface area contributed by atoms with E-state index in [1.807, 2.05) is 23.2 Å². The summed E-state index contributed by atoms with van der Waals surface area (Å²) in [6.07, 6.45) is 4.41. The van der Waals surface area contributed by atoms with Crippen molar-refractivity contribution in [2.24, 2.45) is 10.3 Å². The van der Waals surface area contributed by atoms with Crippen LogP contribution < -0.4 is 9.91 Å². The van der Waals surface area contributed by atoms with Crippen molar-refractivity contribution < 1.29 is 0 Å². The van der Waals surface area contributed by atoms with E-state index in [9.17, 15) is 0 Å². The third kappa shape index (κ3) is 1.78. The van der Waals surface area contributed by atoms with Crippen molar-refractivity contribution in [2.45, 2.75) is 25.0 Å². The van der Waals surface area contributed by atoms with Crippen LogP contribution >= 0.6 is 0 Å². The lowest BCUT2D eigenvalue weighted by molar-refractivity contribution is 0.342. The van der Waals surface area contributed by atoms with Crippen molar-refractivity contribution in [1.29, 1.82) is 0 Å². The molecule has 0 N–H and O–H groups in total. The monoisotopic (exact) mass is 304 g/mol. The van der Waals surface area contributed by atoms with Crippen LogP contribution in [-0.4, -0.2) is 18.2 Å². The Morgan fingerprint density at radius 1 is 0.913 bits per heavy atom. The third-order valence-electron chi connectivity index (χ3n) is 4.91. The number of benzene rings is 2. The fourth-order valence-electron chi connectivity index (χ4n) is 3.64. The summed E-state index contributed by atoms with van der Waals surface area (Å²) in [6, 6.07) is 18.7. The minimum Gasteiger partial charge on any atom is -0.344 e. The van der Waals surface area contributed by atoms with Gasteiger partial charge < -0.3 is 4.90 Å². The van der Waals surface area contributed by atoms with Gasteiger partial charge in [0.1, 0.15) is 5.54 Å². The number of hydrogen-bond acceptors (Lipinski definition) is 4. The Morgan fingerprint density at radius 2 is 1.61 bits per heavy atom. The molecule has 0 amide bonds. The molecule has 2 aliphatic heterocycles. The van der Waals surface area contributed by atoms with Gasteiger partial charge in [0.2, 0.25) is 0 Å². The average Bonchev–Trinajstić information content (AvgIpc) is 2.84. The average molecular weight is 304 g/mol. The van der Waals surface area contributed by atoms with Crippen LogP contribution in [0.3, 0.4) is 0 Å². The smallest absolute Gasteiger partial charge is 0.182 e. The first-order chi connectivity index (χ1) is 11.1. The summed E-state index contributed by atoms with van der Waals surface area (Å²) < 4.78 is 0. The number of nitrogens with zero attached hydrogens (tertiary/aromatic N) is 4. The highest BCUT2D eigenvalue weighted by Crippen LogP contribution is 2.48. The van der Waals surface area contributed by atoms with Gasteiger partial charge in [-0.2, -0.15) is 5.11 Å². The molecule has 1 spiro atoms. The number of fused-ring (bicyclic) bond motifs is 1. The van der Waals surface area contributed by atoms with Crippen molar-refractivity contribution in [3.05, 3.63) is 66.2 Å². The van der Waals surface area contributed by atoms with E-state index in [0.717, 1.165) is 5.69 Å². The Hall–Kier alpha value is -2.62. The number of rotatable bonds is 1. The van der Waals surface area contributed by atoms with E-state index >= 15 is 0 Å². The van der Waals surface area contributed by atoms with Crippen molar-refractivity contribution in [3.8, 4) is 0 Å². The summed E-state index contributed by atoms with van der Waals surface area (Å²) in [5.41, 5.74) is 2.62. The maximum atomic E-state index is 4.58. The molecule has 0 fully saturated rings. The van der Waals surface area contributed by atoms with Crippen LogP contribution in [0.2, 0.25) is 0 Å². The summed E-state index contributed by atoms with van der Waals surface area (Å²) >= 11 is 0. The number of para-hydroxylation sites is 2. The van der Waals surface area contributed by atoms with E-state index in [1.165, 1.54) is 11.3 Å². The molecule has 2 aromatic carbocycles. The zero-order chi connectivity index (χ0) is 16.1. The van der Waals surface area contributed by atoms with Gasteiger partial charge in [-0.1, -0.05) is 47.7 Å². The van der Waals surface area contributed by atoms with Crippen LogP contribution in [0.15, 0.2) is 71.0 Å². The molecule has 2 aromatic rings. The van der Waals surface area contributed by atoms with Crippen molar-refractivity contribution >= 4 is 17.5 Å². The van der Waals surface area contributed by atoms with Gasteiger partial charge >= 0.3 is 0 Å². The molecular weight excluding hydrogens is 284 g/mol. The fraction of sp³-hybridized carbons (Fsp3) is 0.263. The van der Waals surface area contributed by atoms with Crippen LogP contribution in [0.1, 0.15) is 19.4 Å². The highest BCUT2D eigenvalue weighted by atomic mass is 15.7. The number of likely N-dealkylation sites (N-methyl/N-ethyl adjacent to an activating group) is 1. The van der Waals surface area contributed by atoms with Gasteiger partial charge in [0.15, 0.2) is 5.66 Å². The van der Waals surface area contributed by atoms with E-state index in [4.69, 9.17) is 0 Å². The Balaban J connectivity index is 1.91. The number of hydrogen-bond donors (Lipinski definition) is 0. The molecule has 4 rings (SSSR count). The topological polar surface area (TPSA) is 31.2 Å². The largest absolute Gasteiger partial charge is 0.344 e. The SMILES string of the molecule is CN1c2ccccc2C=C[C@]12N(c1ccccc1)N=NC2(C)C. The van der Waals surface area contributed by atoms with Gasteiger partial charge in [-0.05, 0) is 43.7 Å². The van der Waals surface area contributed by atoms with Crippen LogP contribution in [0, 0.1) is 0 Å². The molecule has 0 radical (unpaired) electrons. The van der Waals surface area contributed by atoms with Crippen LogP contribution in [0.5, 0.6) is 0 Å². The quantitative estimate of drug-likeness (QED) is 0.776. The minimum atomic E-state index is -0.456. The first kappa shape index (κ1) is 14.0. The molecule has 23 heavy (non-hydrogen) atoms. The second-order valence-corrected chi connectivity index (χ2v) is 6.57. The zero-order valence-electron chi connectivity index (χ0n) is 13.6. The van der Waals surface area contributed by atoms with E-state index in [1.54, 1.807) is 0 Å². The minimum absolute atomic E-state index is 0.373. The lowest BCUT2D eigenvalue weighted by atomic mass is 9.82. The summed E-state index contributed by atoms with van der Waals surface area (Å²) in [7, 11) is 2.12. The van der Waals surface area contributed by atoms with Gasteiger partial charge in [0.25, 0.3) is 0 Å². The maximum Gasteiger partial charge on any atom is 0.182 e. The Bertz CT molecular complexity index is 794. The molecule has 2 heterocycles. The predicted molar refractivity (Wildman–Crippen MR) is 94.5 cm³/mol. The number of anilines is 2. The molecule has 4 nitrogen and oxygen atoms in total. The van der Waals surface area contributed by atoms with Gasteiger partial charge in [-0.25, -0.2) is 5.01 Å². The Kier molecular flexibility index (Phi) is 2.85. The van der Waals surface area contributed by atoms with Gasteiger partial charge in [-0.3, -0.25) is 0 Å². The first-order valence-electron chi connectivity index (χ1n) is 7.86. The fourth-order valence-corrected chi connectivity index (χ4v) is 3.64. The summed E-state index contributed by atoms with van der Waals surface area (Å²) in [5, 5.41) is 11.1.